The zero-order valence-corrected chi connectivity index (χ0v) is 24.7. The van der Waals surface area contributed by atoms with E-state index >= 15 is 0 Å². The van der Waals surface area contributed by atoms with E-state index < -0.39 is 6.04 Å². The zero-order chi connectivity index (χ0) is 27.5. The lowest BCUT2D eigenvalue weighted by molar-refractivity contribution is -0.141. The molecule has 0 aliphatic carbocycles. The van der Waals surface area contributed by atoms with Gasteiger partial charge in [0.1, 0.15) is 6.04 Å². The molecule has 0 aliphatic rings. The van der Waals surface area contributed by atoms with Crippen molar-refractivity contribution in [2.45, 2.75) is 63.1 Å². The molecule has 3 aromatic carbocycles. The van der Waals surface area contributed by atoms with Gasteiger partial charge in [-0.25, -0.2) is 0 Å². The number of hydrogen-bond donors (Lipinski definition) is 1. The summed E-state index contributed by atoms with van der Waals surface area (Å²) in [6.07, 6.45) is 2.13. The lowest BCUT2D eigenvalue weighted by atomic mass is 10.0. The van der Waals surface area contributed by atoms with E-state index in [-0.39, 0.29) is 24.4 Å². The van der Waals surface area contributed by atoms with Gasteiger partial charge in [-0.3, -0.25) is 9.59 Å². The third kappa shape index (κ3) is 9.23. The van der Waals surface area contributed by atoms with Crippen LogP contribution in [0.3, 0.4) is 0 Å². The molecule has 2 atom stereocenters. The van der Waals surface area contributed by atoms with Gasteiger partial charge in [-0.15, -0.1) is 11.8 Å². The molecule has 0 heterocycles. The van der Waals surface area contributed by atoms with Crippen molar-refractivity contribution >= 4 is 58.4 Å². The second-order valence-electron chi connectivity index (χ2n) is 9.15. The summed E-state index contributed by atoms with van der Waals surface area (Å²) >= 11 is 20.6. The van der Waals surface area contributed by atoms with Crippen molar-refractivity contribution in [3.05, 3.63) is 99.0 Å². The van der Waals surface area contributed by atoms with Gasteiger partial charge < -0.3 is 10.2 Å². The van der Waals surface area contributed by atoms with Gasteiger partial charge >= 0.3 is 0 Å². The maximum absolute atomic E-state index is 13.8. The largest absolute Gasteiger partial charge is 0.352 e. The summed E-state index contributed by atoms with van der Waals surface area (Å²) in [6.45, 7) is 4.12. The number of thioether (sulfide) groups is 1. The van der Waals surface area contributed by atoms with Crippen LogP contribution >= 0.6 is 46.6 Å². The van der Waals surface area contributed by atoms with Crippen LogP contribution in [0, 0.1) is 0 Å². The SMILES string of the molecule is CC[C@H](C)NC(=O)[C@@H](Cc1ccccc1)N(Cc1c(Cl)cccc1Cl)C(=O)CCCSc1ccc(Cl)cc1. The lowest BCUT2D eigenvalue weighted by Crippen LogP contribution is -2.52. The number of nitrogens with one attached hydrogen (secondary N) is 1. The van der Waals surface area contributed by atoms with Crippen molar-refractivity contribution in [2.75, 3.05) is 5.75 Å². The van der Waals surface area contributed by atoms with Crippen LogP contribution in [0.2, 0.25) is 15.1 Å². The Morgan fingerprint density at radius 1 is 0.921 bits per heavy atom. The molecule has 0 aliphatic heterocycles. The van der Waals surface area contributed by atoms with E-state index in [0.29, 0.717) is 39.9 Å². The Hall–Kier alpha value is -2.18. The first-order valence-corrected chi connectivity index (χ1v) is 14.9. The summed E-state index contributed by atoms with van der Waals surface area (Å²) < 4.78 is 0. The highest BCUT2D eigenvalue weighted by Crippen LogP contribution is 2.28. The number of nitrogens with zero attached hydrogens (tertiary/aromatic N) is 1. The third-order valence-corrected chi connectivity index (χ3v) is 8.34. The average molecular weight is 592 g/mol. The molecule has 0 aromatic heterocycles. The summed E-state index contributed by atoms with van der Waals surface area (Å²) in [5.74, 6) is 0.462. The Morgan fingerprint density at radius 3 is 2.21 bits per heavy atom. The van der Waals surface area contributed by atoms with Crippen LogP contribution in [0.15, 0.2) is 77.7 Å². The third-order valence-electron chi connectivity index (χ3n) is 6.28. The highest BCUT2D eigenvalue weighted by atomic mass is 35.5. The average Bonchev–Trinajstić information content (AvgIpc) is 2.91. The fraction of sp³-hybridized carbons (Fsp3) is 0.333. The van der Waals surface area contributed by atoms with Gasteiger partial charge in [0.2, 0.25) is 11.8 Å². The second kappa shape index (κ2) is 15.4. The van der Waals surface area contributed by atoms with Crippen LogP contribution in [0.1, 0.15) is 44.2 Å². The fourth-order valence-corrected chi connectivity index (χ4v) is 5.43. The first-order valence-electron chi connectivity index (χ1n) is 12.7. The van der Waals surface area contributed by atoms with Gasteiger partial charge in [0, 0.05) is 51.0 Å². The summed E-state index contributed by atoms with van der Waals surface area (Å²) in [5.41, 5.74) is 1.60. The van der Waals surface area contributed by atoms with Crippen LogP contribution in [-0.2, 0) is 22.6 Å². The van der Waals surface area contributed by atoms with Gasteiger partial charge in [-0.1, -0.05) is 78.1 Å². The molecule has 2 amide bonds. The summed E-state index contributed by atoms with van der Waals surface area (Å²) in [5, 5.41) is 4.71. The van der Waals surface area contributed by atoms with Crippen LogP contribution < -0.4 is 5.32 Å². The van der Waals surface area contributed by atoms with Crippen molar-refractivity contribution in [1.82, 2.24) is 10.2 Å². The number of hydrogen-bond acceptors (Lipinski definition) is 3. The normalized spacial score (nSPS) is 12.6. The number of carbonyl (C=O) groups is 2. The summed E-state index contributed by atoms with van der Waals surface area (Å²) in [7, 11) is 0. The Morgan fingerprint density at radius 2 is 1.58 bits per heavy atom. The highest BCUT2D eigenvalue weighted by Gasteiger charge is 2.31. The van der Waals surface area contributed by atoms with E-state index in [1.54, 1.807) is 34.9 Å². The molecule has 0 spiro atoms. The number of benzene rings is 3. The Kier molecular flexibility index (Phi) is 12.3. The Labute approximate surface area is 245 Å². The Bertz CT molecular complexity index is 1170. The molecule has 3 rings (SSSR count). The van der Waals surface area contributed by atoms with Crippen LogP contribution in [0.5, 0.6) is 0 Å². The van der Waals surface area contributed by atoms with Crippen molar-refractivity contribution in [2.24, 2.45) is 0 Å². The van der Waals surface area contributed by atoms with E-state index in [2.05, 4.69) is 5.32 Å². The minimum Gasteiger partial charge on any atom is -0.352 e. The van der Waals surface area contributed by atoms with Gasteiger partial charge in [0.15, 0.2) is 0 Å². The first-order chi connectivity index (χ1) is 18.3. The second-order valence-corrected chi connectivity index (χ2v) is 11.6. The molecule has 3 aromatic rings. The van der Waals surface area contributed by atoms with Crippen LogP contribution in [-0.4, -0.2) is 34.6 Å². The molecule has 1 N–H and O–H groups in total. The quantitative estimate of drug-likeness (QED) is 0.161. The molecule has 202 valence electrons. The topological polar surface area (TPSA) is 49.4 Å². The Balaban J connectivity index is 1.84. The molecule has 4 nitrogen and oxygen atoms in total. The van der Waals surface area contributed by atoms with Gasteiger partial charge in [-0.2, -0.15) is 0 Å². The monoisotopic (exact) mass is 590 g/mol. The van der Waals surface area contributed by atoms with E-state index in [1.807, 2.05) is 68.4 Å². The van der Waals surface area contributed by atoms with E-state index in [0.717, 1.165) is 22.6 Å². The molecule has 0 saturated heterocycles. The first kappa shape index (κ1) is 30.4. The molecule has 38 heavy (non-hydrogen) atoms. The molecule has 0 radical (unpaired) electrons. The number of carbonyl (C=O) groups excluding carboxylic acids is 2. The molecular weight excluding hydrogens is 559 g/mol. The fourth-order valence-electron chi connectivity index (χ4n) is 3.94. The van der Waals surface area contributed by atoms with Crippen molar-refractivity contribution in [3.8, 4) is 0 Å². The van der Waals surface area contributed by atoms with Crippen molar-refractivity contribution < 1.29 is 9.59 Å². The maximum atomic E-state index is 13.8. The maximum Gasteiger partial charge on any atom is 0.243 e. The molecule has 0 saturated carbocycles. The van der Waals surface area contributed by atoms with Crippen LogP contribution in [0.4, 0.5) is 0 Å². The molecular formula is C30H33Cl3N2O2S. The molecule has 0 bridgehead atoms. The van der Waals surface area contributed by atoms with Crippen molar-refractivity contribution in [1.29, 1.82) is 0 Å². The van der Waals surface area contributed by atoms with E-state index in [9.17, 15) is 9.59 Å². The van der Waals surface area contributed by atoms with Gasteiger partial charge in [0.05, 0.1) is 0 Å². The van der Waals surface area contributed by atoms with E-state index in [4.69, 9.17) is 34.8 Å². The number of rotatable bonds is 13. The minimum absolute atomic E-state index is 0.0163. The zero-order valence-electron chi connectivity index (χ0n) is 21.6. The van der Waals surface area contributed by atoms with Crippen LogP contribution in [0.25, 0.3) is 0 Å². The predicted molar refractivity (Wildman–Crippen MR) is 160 cm³/mol. The van der Waals surface area contributed by atoms with E-state index in [1.165, 1.54) is 0 Å². The summed E-state index contributed by atoms with van der Waals surface area (Å²) in [4.78, 5) is 30.1. The predicted octanol–water partition coefficient (Wildman–Crippen LogP) is 8.07. The smallest absolute Gasteiger partial charge is 0.243 e. The minimum atomic E-state index is -0.713. The molecule has 8 heteroatoms. The summed E-state index contributed by atoms with van der Waals surface area (Å²) in [6, 6.07) is 21.9. The lowest BCUT2D eigenvalue weighted by Gasteiger charge is -2.33. The van der Waals surface area contributed by atoms with Crippen molar-refractivity contribution in [3.63, 3.8) is 0 Å². The standard InChI is InChI=1S/C30H33Cl3N2O2S/c1-3-21(2)34-30(37)28(19-22-9-5-4-6-10-22)35(20-25-26(32)11-7-12-27(25)33)29(36)13-8-18-38-24-16-14-23(31)15-17-24/h4-7,9-12,14-17,21,28H,3,8,13,18-20H2,1-2H3,(H,34,37)/t21-,28+/m0/s1. The number of halogens is 3. The van der Waals surface area contributed by atoms with Gasteiger partial charge in [-0.05, 0) is 67.5 Å². The molecule has 0 fully saturated rings. The molecule has 0 unspecified atom stereocenters. The van der Waals surface area contributed by atoms with Gasteiger partial charge in [0.25, 0.3) is 0 Å². The highest BCUT2D eigenvalue weighted by molar-refractivity contribution is 7.99. The number of amides is 2.